The molecule has 3 aromatic rings. The fourth-order valence-electron chi connectivity index (χ4n) is 3.59. The molecular formula is C22H22FN3O2S2. The van der Waals surface area contributed by atoms with Gasteiger partial charge in [0, 0.05) is 21.8 Å². The number of fused-ring (bicyclic) bond motifs is 1. The number of halogens is 1. The number of thioether (sulfide) groups is 1. The first-order chi connectivity index (χ1) is 14.5. The fraction of sp³-hybridized carbons (Fsp3) is 0.318. The van der Waals surface area contributed by atoms with E-state index in [1.165, 1.54) is 17.8 Å². The Morgan fingerprint density at radius 2 is 2.13 bits per heavy atom. The van der Waals surface area contributed by atoms with Gasteiger partial charge in [-0.2, -0.15) is 4.98 Å². The predicted molar refractivity (Wildman–Crippen MR) is 119 cm³/mol. The normalized spacial score (nSPS) is 13.1. The van der Waals surface area contributed by atoms with Gasteiger partial charge in [-0.3, -0.25) is 9.36 Å². The Hall–Kier alpha value is -2.45. The second-order valence-electron chi connectivity index (χ2n) is 7.30. The summed E-state index contributed by atoms with van der Waals surface area (Å²) in [7, 11) is 0. The SMILES string of the molecule is Cc1ccc(NC(=O)CSc2nc(=O)n(Cc3cccs3)c3c2CCCC3)cc1F. The summed E-state index contributed by atoms with van der Waals surface area (Å²) in [5.74, 6) is -0.494. The highest BCUT2D eigenvalue weighted by molar-refractivity contribution is 8.00. The number of nitrogens with zero attached hydrogens (tertiary/aromatic N) is 2. The van der Waals surface area contributed by atoms with Crippen LogP contribution in [0.5, 0.6) is 0 Å². The molecule has 0 radical (unpaired) electrons. The van der Waals surface area contributed by atoms with Crippen molar-refractivity contribution in [2.24, 2.45) is 0 Å². The maximum Gasteiger partial charge on any atom is 0.349 e. The largest absolute Gasteiger partial charge is 0.349 e. The minimum atomic E-state index is -0.356. The van der Waals surface area contributed by atoms with E-state index in [4.69, 9.17) is 0 Å². The number of hydrogen-bond donors (Lipinski definition) is 1. The van der Waals surface area contributed by atoms with Gasteiger partial charge in [-0.25, -0.2) is 9.18 Å². The van der Waals surface area contributed by atoms with E-state index in [1.54, 1.807) is 35.0 Å². The molecule has 0 spiro atoms. The molecule has 0 fully saturated rings. The Bertz CT molecular complexity index is 1130. The van der Waals surface area contributed by atoms with Gasteiger partial charge in [0.2, 0.25) is 5.91 Å². The number of carbonyl (C=O) groups excluding carboxylic acids is 1. The zero-order valence-electron chi connectivity index (χ0n) is 16.6. The van der Waals surface area contributed by atoms with Gasteiger partial charge in [0.05, 0.1) is 12.3 Å². The molecule has 2 aromatic heterocycles. The van der Waals surface area contributed by atoms with Crippen LogP contribution in [0.25, 0.3) is 0 Å². The highest BCUT2D eigenvalue weighted by Gasteiger charge is 2.21. The molecule has 0 unspecified atom stereocenters. The molecule has 4 rings (SSSR count). The Kier molecular flexibility index (Phi) is 6.34. The maximum absolute atomic E-state index is 13.7. The van der Waals surface area contributed by atoms with Crippen LogP contribution in [-0.4, -0.2) is 21.2 Å². The zero-order chi connectivity index (χ0) is 21.1. The maximum atomic E-state index is 13.7. The number of anilines is 1. The number of nitrogens with one attached hydrogen (secondary N) is 1. The Morgan fingerprint density at radius 3 is 2.90 bits per heavy atom. The summed E-state index contributed by atoms with van der Waals surface area (Å²) >= 11 is 2.90. The van der Waals surface area contributed by atoms with Crippen LogP contribution in [0.1, 0.15) is 34.5 Å². The molecule has 1 N–H and O–H groups in total. The highest BCUT2D eigenvalue weighted by Crippen LogP contribution is 2.29. The molecule has 0 atom stereocenters. The third kappa shape index (κ3) is 4.65. The Labute approximate surface area is 182 Å². The van der Waals surface area contributed by atoms with Crippen LogP contribution in [0.4, 0.5) is 10.1 Å². The van der Waals surface area contributed by atoms with Crippen molar-refractivity contribution in [3.05, 3.63) is 73.7 Å². The van der Waals surface area contributed by atoms with Gasteiger partial charge in [0.25, 0.3) is 0 Å². The van der Waals surface area contributed by atoms with E-state index < -0.39 is 0 Å². The van der Waals surface area contributed by atoms with Gasteiger partial charge in [-0.1, -0.05) is 23.9 Å². The van der Waals surface area contributed by atoms with Crippen molar-refractivity contribution >= 4 is 34.7 Å². The number of carbonyl (C=O) groups is 1. The first-order valence-corrected chi connectivity index (χ1v) is 11.7. The predicted octanol–water partition coefficient (Wildman–Crippen LogP) is 4.41. The Morgan fingerprint density at radius 1 is 1.30 bits per heavy atom. The first-order valence-electron chi connectivity index (χ1n) is 9.85. The lowest BCUT2D eigenvalue weighted by molar-refractivity contribution is -0.113. The average molecular weight is 444 g/mol. The standard InChI is InChI=1S/C22H22FN3O2S2/c1-14-8-9-15(11-18(14)23)24-20(27)13-30-21-17-6-2-3-7-19(17)26(22(28)25-21)12-16-5-4-10-29-16/h4-5,8-11H,2-3,6-7,12-13H2,1H3,(H,24,27). The first kappa shape index (κ1) is 20.8. The van der Waals surface area contributed by atoms with Crippen LogP contribution in [-0.2, 0) is 24.2 Å². The number of thiophene rings is 1. The van der Waals surface area contributed by atoms with Crippen LogP contribution in [0, 0.1) is 12.7 Å². The molecule has 8 heteroatoms. The van der Waals surface area contributed by atoms with Gasteiger partial charge in [-0.15, -0.1) is 11.3 Å². The van der Waals surface area contributed by atoms with Crippen LogP contribution < -0.4 is 11.0 Å². The van der Waals surface area contributed by atoms with E-state index in [9.17, 15) is 14.0 Å². The van der Waals surface area contributed by atoms with Gasteiger partial charge in [0.15, 0.2) is 0 Å². The molecule has 0 saturated carbocycles. The Balaban J connectivity index is 1.51. The molecule has 1 aromatic carbocycles. The fourth-order valence-corrected chi connectivity index (χ4v) is 5.16. The lowest BCUT2D eigenvalue weighted by Crippen LogP contribution is -2.30. The summed E-state index contributed by atoms with van der Waals surface area (Å²) in [4.78, 5) is 30.5. The summed E-state index contributed by atoms with van der Waals surface area (Å²) in [5.41, 5.74) is 2.80. The molecule has 1 aliphatic rings. The zero-order valence-corrected chi connectivity index (χ0v) is 18.2. The monoisotopic (exact) mass is 443 g/mol. The summed E-state index contributed by atoms with van der Waals surface area (Å²) in [6.45, 7) is 2.21. The van der Waals surface area contributed by atoms with Gasteiger partial charge in [-0.05, 0) is 61.7 Å². The van der Waals surface area contributed by atoms with Crippen molar-refractivity contribution in [2.45, 2.75) is 44.2 Å². The molecule has 30 heavy (non-hydrogen) atoms. The summed E-state index contributed by atoms with van der Waals surface area (Å²) in [5, 5.41) is 5.35. The van der Waals surface area contributed by atoms with Crippen LogP contribution in [0.2, 0.25) is 0 Å². The van der Waals surface area contributed by atoms with Gasteiger partial charge in [0.1, 0.15) is 10.8 Å². The molecule has 1 amide bonds. The van der Waals surface area contributed by atoms with Gasteiger partial charge >= 0.3 is 5.69 Å². The average Bonchev–Trinajstić information content (AvgIpc) is 3.25. The highest BCUT2D eigenvalue weighted by atomic mass is 32.2. The minimum Gasteiger partial charge on any atom is -0.325 e. The molecule has 0 saturated heterocycles. The number of benzene rings is 1. The van der Waals surface area contributed by atoms with Crippen molar-refractivity contribution in [3.63, 3.8) is 0 Å². The summed E-state index contributed by atoms with van der Waals surface area (Å²) in [6, 6.07) is 8.61. The van der Waals surface area contributed by atoms with Crippen molar-refractivity contribution in [1.82, 2.24) is 9.55 Å². The molecule has 0 bridgehead atoms. The number of aryl methyl sites for hydroxylation is 1. The topological polar surface area (TPSA) is 64.0 Å². The second kappa shape index (κ2) is 9.14. The van der Waals surface area contributed by atoms with E-state index in [0.29, 0.717) is 22.8 Å². The number of hydrogen-bond acceptors (Lipinski definition) is 5. The van der Waals surface area contributed by atoms with Crippen molar-refractivity contribution in [3.8, 4) is 0 Å². The molecule has 0 aliphatic heterocycles. The smallest absolute Gasteiger partial charge is 0.325 e. The van der Waals surface area contributed by atoms with Crippen LogP contribution in [0.15, 0.2) is 45.5 Å². The number of rotatable bonds is 6. The van der Waals surface area contributed by atoms with Crippen LogP contribution >= 0.6 is 23.1 Å². The molecular weight excluding hydrogens is 421 g/mol. The van der Waals surface area contributed by atoms with E-state index >= 15 is 0 Å². The van der Waals surface area contributed by atoms with Gasteiger partial charge < -0.3 is 5.32 Å². The molecule has 156 valence electrons. The molecule has 2 heterocycles. The quantitative estimate of drug-likeness (QED) is 0.453. The number of aromatic nitrogens is 2. The third-order valence-electron chi connectivity index (χ3n) is 5.14. The van der Waals surface area contributed by atoms with Crippen molar-refractivity contribution in [1.29, 1.82) is 0 Å². The third-order valence-corrected chi connectivity index (χ3v) is 7.02. The lowest BCUT2D eigenvalue weighted by Gasteiger charge is -2.22. The van der Waals surface area contributed by atoms with Crippen LogP contribution in [0.3, 0.4) is 0 Å². The van der Waals surface area contributed by atoms with E-state index in [2.05, 4.69) is 10.3 Å². The van der Waals surface area contributed by atoms with E-state index in [0.717, 1.165) is 41.8 Å². The van der Waals surface area contributed by atoms with E-state index in [1.807, 2.05) is 17.5 Å². The number of amides is 1. The summed E-state index contributed by atoms with van der Waals surface area (Å²) < 4.78 is 15.5. The minimum absolute atomic E-state index is 0.114. The van der Waals surface area contributed by atoms with E-state index in [-0.39, 0.29) is 23.2 Å². The van der Waals surface area contributed by atoms with Crippen molar-refractivity contribution < 1.29 is 9.18 Å². The molecule has 1 aliphatic carbocycles. The summed E-state index contributed by atoms with van der Waals surface area (Å²) in [6.07, 6.45) is 3.81. The van der Waals surface area contributed by atoms with Crippen molar-refractivity contribution in [2.75, 3.05) is 11.1 Å². The second-order valence-corrected chi connectivity index (χ2v) is 9.29. The lowest BCUT2D eigenvalue weighted by atomic mass is 9.97. The molecule has 5 nitrogen and oxygen atoms in total.